The van der Waals surface area contributed by atoms with E-state index in [4.69, 9.17) is 14.2 Å². The van der Waals surface area contributed by atoms with Gasteiger partial charge in [0.1, 0.15) is 0 Å². The molecule has 0 unspecified atom stereocenters. The molecule has 0 aromatic heterocycles. The third kappa shape index (κ3) is 4.52. The molecule has 0 bridgehead atoms. The van der Waals surface area contributed by atoms with Crippen LogP contribution in [-0.2, 0) is 11.2 Å². The average Bonchev–Trinajstić information content (AvgIpc) is 3.08. The van der Waals surface area contributed by atoms with Crippen molar-refractivity contribution in [1.29, 1.82) is 0 Å². The van der Waals surface area contributed by atoms with Crippen LogP contribution in [0, 0.1) is 0 Å². The number of nitrogens with zero attached hydrogens (tertiary/aromatic N) is 1. The highest BCUT2D eigenvalue weighted by atomic mass is 16.7. The van der Waals surface area contributed by atoms with Gasteiger partial charge in [-0.1, -0.05) is 6.07 Å². The van der Waals surface area contributed by atoms with E-state index in [1.165, 1.54) is 0 Å². The average molecular weight is 335 g/mol. The maximum Gasteiger partial charge on any atom is 0.314 e. The second-order valence-corrected chi connectivity index (χ2v) is 6.07. The third-order valence-corrected chi connectivity index (χ3v) is 4.36. The number of morpholine rings is 1. The Kier molecular flexibility index (Phi) is 5.77. The lowest BCUT2D eigenvalue weighted by molar-refractivity contribution is 0.0209. The lowest BCUT2D eigenvalue weighted by Crippen LogP contribution is -2.49. The molecule has 132 valence electrons. The Morgan fingerprint density at radius 3 is 2.83 bits per heavy atom. The highest BCUT2D eigenvalue weighted by Gasteiger charge is 2.17. The summed E-state index contributed by atoms with van der Waals surface area (Å²) in [5.74, 6) is 1.55. The molecule has 2 aliphatic rings. The van der Waals surface area contributed by atoms with E-state index in [0.717, 1.165) is 49.8 Å². The van der Waals surface area contributed by atoms with Crippen molar-refractivity contribution in [2.24, 2.45) is 0 Å². The van der Waals surface area contributed by atoms with Crippen molar-refractivity contribution in [3.63, 3.8) is 0 Å². The van der Waals surface area contributed by atoms with Crippen LogP contribution in [0.15, 0.2) is 18.2 Å². The van der Waals surface area contributed by atoms with Gasteiger partial charge in [-0.3, -0.25) is 4.90 Å². The zero-order valence-electron chi connectivity index (χ0n) is 14.0. The molecule has 0 spiro atoms. The highest BCUT2D eigenvalue weighted by Crippen LogP contribution is 2.32. The highest BCUT2D eigenvalue weighted by molar-refractivity contribution is 5.73. The van der Waals surface area contributed by atoms with Crippen molar-refractivity contribution in [2.45, 2.75) is 19.4 Å². The van der Waals surface area contributed by atoms with Gasteiger partial charge in [-0.2, -0.15) is 0 Å². The number of amides is 2. The Morgan fingerprint density at radius 1 is 1.21 bits per heavy atom. The summed E-state index contributed by atoms with van der Waals surface area (Å²) in [4.78, 5) is 14.2. The molecule has 2 amide bonds. The summed E-state index contributed by atoms with van der Waals surface area (Å²) in [6.45, 7) is 7.01. The van der Waals surface area contributed by atoms with E-state index in [1.807, 2.05) is 18.2 Å². The SMILES string of the molecule is C[C@H](CNC(=O)NCCc1ccc2c(c1)OCO2)N1CCOCC1. The van der Waals surface area contributed by atoms with E-state index in [-0.39, 0.29) is 12.8 Å². The molecule has 0 saturated carbocycles. The summed E-state index contributed by atoms with van der Waals surface area (Å²) in [6, 6.07) is 6.04. The second kappa shape index (κ2) is 8.21. The van der Waals surface area contributed by atoms with Crippen LogP contribution in [0.2, 0.25) is 0 Å². The number of hydrogen-bond donors (Lipinski definition) is 2. The summed E-state index contributed by atoms with van der Waals surface area (Å²) in [5.41, 5.74) is 1.11. The minimum Gasteiger partial charge on any atom is -0.454 e. The van der Waals surface area contributed by atoms with Crippen molar-refractivity contribution < 1.29 is 19.0 Å². The Bertz CT molecular complexity index is 561. The molecular formula is C17H25N3O4. The Labute approximate surface area is 142 Å². The van der Waals surface area contributed by atoms with Gasteiger partial charge in [0.25, 0.3) is 0 Å². The molecular weight excluding hydrogens is 310 g/mol. The van der Waals surface area contributed by atoms with Crippen LogP contribution in [0.1, 0.15) is 12.5 Å². The van der Waals surface area contributed by atoms with Gasteiger partial charge in [-0.25, -0.2) is 4.79 Å². The molecule has 1 fully saturated rings. The van der Waals surface area contributed by atoms with Crippen molar-refractivity contribution in [2.75, 3.05) is 46.2 Å². The molecule has 2 N–H and O–H groups in total. The van der Waals surface area contributed by atoms with Gasteiger partial charge < -0.3 is 24.8 Å². The smallest absolute Gasteiger partial charge is 0.314 e. The lowest BCUT2D eigenvalue weighted by Gasteiger charge is -2.32. The molecule has 7 nitrogen and oxygen atoms in total. The Hall–Kier alpha value is -1.99. The molecule has 7 heteroatoms. The molecule has 0 aliphatic carbocycles. The topological polar surface area (TPSA) is 72.1 Å². The van der Waals surface area contributed by atoms with Crippen molar-refractivity contribution >= 4 is 6.03 Å². The van der Waals surface area contributed by atoms with E-state index in [2.05, 4.69) is 22.5 Å². The standard InChI is InChI=1S/C17H25N3O4/c1-13(20-6-8-22-9-7-20)11-19-17(21)18-5-4-14-2-3-15-16(10-14)24-12-23-15/h2-3,10,13H,4-9,11-12H2,1H3,(H2,18,19,21)/t13-/m1/s1. The zero-order chi connectivity index (χ0) is 16.8. The number of carbonyl (C=O) groups is 1. The van der Waals surface area contributed by atoms with Gasteiger partial charge >= 0.3 is 6.03 Å². The molecule has 0 radical (unpaired) electrons. The van der Waals surface area contributed by atoms with E-state index in [9.17, 15) is 4.79 Å². The van der Waals surface area contributed by atoms with Crippen LogP contribution in [0.25, 0.3) is 0 Å². The minimum atomic E-state index is -0.129. The molecule has 1 aromatic carbocycles. The molecule has 2 aliphatic heterocycles. The van der Waals surface area contributed by atoms with Crippen LogP contribution in [0.3, 0.4) is 0 Å². The molecule has 24 heavy (non-hydrogen) atoms. The first-order valence-corrected chi connectivity index (χ1v) is 8.44. The monoisotopic (exact) mass is 335 g/mol. The summed E-state index contributed by atoms with van der Waals surface area (Å²) in [6.07, 6.45) is 0.753. The van der Waals surface area contributed by atoms with Gasteiger partial charge in [0.15, 0.2) is 11.5 Å². The zero-order valence-corrected chi connectivity index (χ0v) is 14.0. The van der Waals surface area contributed by atoms with E-state index in [1.54, 1.807) is 0 Å². The van der Waals surface area contributed by atoms with E-state index < -0.39 is 0 Å². The normalized spacial score (nSPS) is 18.2. The van der Waals surface area contributed by atoms with Crippen molar-refractivity contribution in [1.82, 2.24) is 15.5 Å². The lowest BCUT2D eigenvalue weighted by atomic mass is 10.1. The van der Waals surface area contributed by atoms with Crippen LogP contribution in [-0.4, -0.2) is 63.2 Å². The second-order valence-electron chi connectivity index (χ2n) is 6.07. The molecule has 2 heterocycles. The number of carbonyl (C=O) groups excluding carboxylic acids is 1. The predicted molar refractivity (Wildman–Crippen MR) is 89.5 cm³/mol. The summed E-state index contributed by atoms with van der Waals surface area (Å²) in [7, 11) is 0. The number of nitrogens with one attached hydrogen (secondary N) is 2. The fraction of sp³-hybridized carbons (Fsp3) is 0.588. The minimum absolute atomic E-state index is 0.129. The van der Waals surface area contributed by atoms with Crippen LogP contribution in [0.5, 0.6) is 11.5 Å². The summed E-state index contributed by atoms with van der Waals surface area (Å²) < 4.78 is 16.0. The Morgan fingerprint density at radius 2 is 2.00 bits per heavy atom. The van der Waals surface area contributed by atoms with Gasteiger partial charge in [-0.05, 0) is 31.0 Å². The first kappa shape index (κ1) is 16.9. The van der Waals surface area contributed by atoms with E-state index in [0.29, 0.717) is 19.1 Å². The first-order valence-electron chi connectivity index (χ1n) is 8.44. The molecule has 3 rings (SSSR count). The van der Waals surface area contributed by atoms with Crippen molar-refractivity contribution in [3.8, 4) is 11.5 Å². The maximum atomic E-state index is 11.9. The number of urea groups is 1. The Balaban J connectivity index is 1.33. The van der Waals surface area contributed by atoms with Gasteiger partial charge in [0, 0.05) is 32.2 Å². The number of ether oxygens (including phenoxy) is 3. The van der Waals surface area contributed by atoms with Gasteiger partial charge in [0.05, 0.1) is 13.2 Å². The van der Waals surface area contributed by atoms with Crippen LogP contribution >= 0.6 is 0 Å². The predicted octanol–water partition coefficient (Wildman–Crippen LogP) is 0.978. The molecule has 1 atom stereocenters. The number of hydrogen-bond acceptors (Lipinski definition) is 5. The van der Waals surface area contributed by atoms with E-state index >= 15 is 0 Å². The third-order valence-electron chi connectivity index (χ3n) is 4.36. The number of fused-ring (bicyclic) bond motifs is 1. The molecule has 1 aromatic rings. The molecule has 1 saturated heterocycles. The van der Waals surface area contributed by atoms with Crippen molar-refractivity contribution in [3.05, 3.63) is 23.8 Å². The van der Waals surface area contributed by atoms with Crippen LogP contribution in [0.4, 0.5) is 4.79 Å². The quantitative estimate of drug-likeness (QED) is 0.811. The first-order chi connectivity index (χ1) is 11.7. The van der Waals surface area contributed by atoms with Crippen LogP contribution < -0.4 is 20.1 Å². The van der Waals surface area contributed by atoms with Gasteiger partial charge in [0.2, 0.25) is 6.79 Å². The largest absolute Gasteiger partial charge is 0.454 e. The summed E-state index contributed by atoms with van der Waals surface area (Å²) in [5, 5.41) is 5.82. The summed E-state index contributed by atoms with van der Waals surface area (Å²) >= 11 is 0. The van der Waals surface area contributed by atoms with Gasteiger partial charge in [-0.15, -0.1) is 0 Å². The fourth-order valence-electron chi connectivity index (χ4n) is 2.87. The number of rotatable bonds is 6. The maximum absolute atomic E-state index is 11.9. The number of benzene rings is 1. The fourth-order valence-corrected chi connectivity index (χ4v) is 2.87.